The van der Waals surface area contributed by atoms with Gasteiger partial charge in [-0.05, 0) is 29.8 Å². The number of pyridine rings is 1. The lowest BCUT2D eigenvalue weighted by atomic mass is 10.3. The van der Waals surface area contributed by atoms with Gasteiger partial charge >= 0.3 is 0 Å². The van der Waals surface area contributed by atoms with Gasteiger partial charge < -0.3 is 10.1 Å². The Labute approximate surface area is 128 Å². The summed E-state index contributed by atoms with van der Waals surface area (Å²) in [6.45, 7) is 0.346. The van der Waals surface area contributed by atoms with E-state index in [1.54, 1.807) is 24.5 Å². The van der Waals surface area contributed by atoms with Gasteiger partial charge in [0.2, 0.25) is 5.96 Å². The lowest BCUT2D eigenvalue weighted by Crippen LogP contribution is -2.40. The smallest absolute Gasteiger partial charge is 0.266 e. The maximum Gasteiger partial charge on any atom is 0.266 e. The second-order valence-electron chi connectivity index (χ2n) is 4.61. The topological polar surface area (TPSA) is 92.7 Å². The van der Waals surface area contributed by atoms with Crippen LogP contribution in [-0.2, 0) is 16.6 Å². The molecular formula is C14H14N4O3S. The molecule has 0 saturated carbocycles. The minimum Gasteiger partial charge on any atom is -0.497 e. The highest BCUT2D eigenvalue weighted by Gasteiger charge is 2.26. The molecule has 8 heteroatoms. The second-order valence-corrected chi connectivity index (χ2v) is 6.26. The monoisotopic (exact) mass is 318 g/mol. The van der Waals surface area contributed by atoms with Crippen LogP contribution in [0, 0.1) is 0 Å². The molecule has 2 aromatic rings. The van der Waals surface area contributed by atoms with Crippen LogP contribution in [0.4, 0.5) is 5.69 Å². The molecule has 2 heterocycles. The molecule has 0 saturated heterocycles. The zero-order valence-corrected chi connectivity index (χ0v) is 12.6. The summed E-state index contributed by atoms with van der Waals surface area (Å²) < 4.78 is 32.0. The van der Waals surface area contributed by atoms with E-state index < -0.39 is 10.0 Å². The predicted octanol–water partition coefficient (Wildman–Crippen LogP) is 1.35. The van der Waals surface area contributed by atoms with Crippen LogP contribution >= 0.6 is 0 Å². The number of aliphatic imine (C=N–C) groups is 1. The van der Waals surface area contributed by atoms with Crippen molar-refractivity contribution in [2.75, 3.05) is 12.4 Å². The summed E-state index contributed by atoms with van der Waals surface area (Å²) in [5, 5.41) is 2.96. The fourth-order valence-corrected chi connectivity index (χ4v) is 3.18. The number of methoxy groups -OCH3 is 1. The number of ether oxygens (including phenoxy) is 1. The van der Waals surface area contributed by atoms with Gasteiger partial charge in [-0.3, -0.25) is 4.98 Å². The van der Waals surface area contributed by atoms with Crippen molar-refractivity contribution in [1.82, 2.24) is 9.71 Å². The molecule has 1 aromatic heterocycles. The van der Waals surface area contributed by atoms with E-state index in [9.17, 15) is 8.42 Å². The molecule has 0 aliphatic carbocycles. The Hall–Kier alpha value is -2.61. The van der Waals surface area contributed by atoms with E-state index in [-0.39, 0.29) is 10.9 Å². The van der Waals surface area contributed by atoms with Crippen molar-refractivity contribution in [1.29, 1.82) is 0 Å². The summed E-state index contributed by atoms with van der Waals surface area (Å²) in [6.07, 6.45) is 3.32. The molecule has 22 heavy (non-hydrogen) atoms. The maximum atomic E-state index is 12.3. The van der Waals surface area contributed by atoms with E-state index in [2.05, 4.69) is 20.0 Å². The number of hydrogen-bond acceptors (Lipinski definition) is 5. The van der Waals surface area contributed by atoms with Gasteiger partial charge in [-0.2, -0.15) is 0 Å². The van der Waals surface area contributed by atoms with Gasteiger partial charge in [-0.1, -0.05) is 0 Å². The van der Waals surface area contributed by atoms with Crippen LogP contribution in [0.2, 0.25) is 0 Å². The van der Waals surface area contributed by atoms with Crippen molar-refractivity contribution in [2.24, 2.45) is 4.99 Å². The summed E-state index contributed by atoms with van der Waals surface area (Å²) in [5.41, 5.74) is 1.40. The molecule has 7 nitrogen and oxygen atoms in total. The Bertz CT molecular complexity index is 819. The Morgan fingerprint density at radius 1 is 1.23 bits per heavy atom. The Morgan fingerprint density at radius 2 is 2.00 bits per heavy atom. The first-order valence-electron chi connectivity index (χ1n) is 6.50. The summed E-state index contributed by atoms with van der Waals surface area (Å²) in [7, 11) is -2.18. The van der Waals surface area contributed by atoms with E-state index >= 15 is 0 Å². The van der Waals surface area contributed by atoms with Gasteiger partial charge in [-0.15, -0.1) is 0 Å². The van der Waals surface area contributed by atoms with Gasteiger partial charge in [0, 0.05) is 18.5 Å². The largest absolute Gasteiger partial charge is 0.497 e. The zero-order chi connectivity index (χ0) is 15.6. The van der Waals surface area contributed by atoms with Crippen LogP contribution in [0.1, 0.15) is 5.56 Å². The van der Waals surface area contributed by atoms with Gasteiger partial charge in [0.1, 0.15) is 10.6 Å². The number of benzene rings is 1. The molecule has 0 spiro atoms. The molecule has 0 amide bonds. The molecule has 1 aromatic carbocycles. The standard InChI is InChI=1S/C14H14N4O3S/c1-21-11-2-3-12-13(8-11)22(19,20)18-14(17-12)16-9-10-4-6-15-7-5-10/h2-8H,9H2,1H3,(H2,16,17,18). The molecule has 0 bridgehead atoms. The highest BCUT2D eigenvalue weighted by Crippen LogP contribution is 2.28. The van der Waals surface area contributed by atoms with Crippen molar-refractivity contribution in [3.05, 3.63) is 48.3 Å². The third kappa shape index (κ3) is 2.86. The Morgan fingerprint density at radius 3 is 2.73 bits per heavy atom. The normalized spacial score (nSPS) is 17.2. The minimum absolute atomic E-state index is 0.134. The van der Waals surface area contributed by atoms with Crippen molar-refractivity contribution in [3.63, 3.8) is 0 Å². The molecular weight excluding hydrogens is 304 g/mol. The van der Waals surface area contributed by atoms with Crippen molar-refractivity contribution >= 4 is 21.7 Å². The molecule has 0 fully saturated rings. The molecule has 0 unspecified atom stereocenters. The molecule has 2 N–H and O–H groups in total. The number of nitrogens with zero attached hydrogens (tertiary/aromatic N) is 2. The lowest BCUT2D eigenvalue weighted by Gasteiger charge is -2.21. The second kappa shape index (κ2) is 5.64. The van der Waals surface area contributed by atoms with Crippen molar-refractivity contribution in [2.45, 2.75) is 11.4 Å². The van der Waals surface area contributed by atoms with Crippen LogP contribution in [0.25, 0.3) is 0 Å². The molecule has 1 aliphatic heterocycles. The third-order valence-corrected chi connectivity index (χ3v) is 4.51. The predicted molar refractivity (Wildman–Crippen MR) is 82.3 cm³/mol. The zero-order valence-electron chi connectivity index (χ0n) is 11.8. The lowest BCUT2D eigenvalue weighted by molar-refractivity contribution is 0.413. The summed E-state index contributed by atoms with van der Waals surface area (Å²) in [5.74, 6) is 0.664. The molecule has 0 radical (unpaired) electrons. The van der Waals surface area contributed by atoms with E-state index in [0.29, 0.717) is 18.0 Å². The fourth-order valence-electron chi connectivity index (χ4n) is 2.02. The highest BCUT2D eigenvalue weighted by atomic mass is 32.2. The van der Waals surface area contributed by atoms with Crippen LogP contribution in [0.15, 0.2) is 52.6 Å². The molecule has 114 valence electrons. The maximum absolute atomic E-state index is 12.3. The Balaban J connectivity index is 1.89. The highest BCUT2D eigenvalue weighted by molar-refractivity contribution is 7.90. The SMILES string of the molecule is COc1ccc2c(c1)S(=O)(=O)NC(=NCc1ccncc1)N2. The van der Waals surface area contributed by atoms with E-state index in [1.807, 2.05) is 12.1 Å². The van der Waals surface area contributed by atoms with E-state index in [0.717, 1.165) is 5.56 Å². The van der Waals surface area contributed by atoms with Crippen molar-refractivity contribution in [3.8, 4) is 5.75 Å². The summed E-state index contributed by atoms with van der Waals surface area (Å²) in [6, 6.07) is 8.44. The molecule has 0 atom stereocenters. The number of aromatic nitrogens is 1. The van der Waals surface area contributed by atoms with Gasteiger partial charge in [-0.25, -0.2) is 18.1 Å². The van der Waals surface area contributed by atoms with Gasteiger partial charge in [0.15, 0.2) is 0 Å². The Kier molecular flexibility index (Phi) is 3.68. The first kappa shape index (κ1) is 14.3. The quantitative estimate of drug-likeness (QED) is 0.891. The number of fused-ring (bicyclic) bond motifs is 1. The molecule has 3 rings (SSSR count). The molecule has 1 aliphatic rings. The van der Waals surface area contributed by atoms with Crippen LogP contribution in [-0.4, -0.2) is 26.5 Å². The summed E-state index contributed by atoms with van der Waals surface area (Å²) >= 11 is 0. The first-order valence-corrected chi connectivity index (χ1v) is 7.98. The van der Waals surface area contributed by atoms with Crippen molar-refractivity contribution < 1.29 is 13.2 Å². The van der Waals surface area contributed by atoms with E-state index in [4.69, 9.17) is 4.74 Å². The first-order chi connectivity index (χ1) is 10.6. The number of hydrogen-bond donors (Lipinski definition) is 2. The fraction of sp³-hybridized carbons (Fsp3) is 0.143. The number of sulfonamides is 1. The van der Waals surface area contributed by atoms with Gasteiger partial charge in [0.05, 0.1) is 19.3 Å². The third-order valence-electron chi connectivity index (χ3n) is 3.13. The number of anilines is 1. The average Bonchev–Trinajstić information content (AvgIpc) is 2.53. The minimum atomic E-state index is -3.66. The number of nitrogens with one attached hydrogen (secondary N) is 2. The van der Waals surface area contributed by atoms with Crippen LogP contribution in [0.5, 0.6) is 5.75 Å². The average molecular weight is 318 g/mol. The number of rotatable bonds is 3. The van der Waals surface area contributed by atoms with Gasteiger partial charge in [0.25, 0.3) is 10.0 Å². The van der Waals surface area contributed by atoms with Crippen LogP contribution in [0.3, 0.4) is 0 Å². The van der Waals surface area contributed by atoms with E-state index in [1.165, 1.54) is 13.2 Å². The summed E-state index contributed by atoms with van der Waals surface area (Å²) in [4.78, 5) is 8.30. The van der Waals surface area contributed by atoms with Crippen LogP contribution < -0.4 is 14.8 Å². The number of guanidine groups is 1.